The molecule has 1 aromatic carbocycles. The lowest BCUT2D eigenvalue weighted by atomic mass is 10.1. The van der Waals surface area contributed by atoms with Crippen LogP contribution in [0.25, 0.3) is 0 Å². The molecular formula is C13H16N2O5. The highest BCUT2D eigenvalue weighted by Gasteiger charge is 2.15. The maximum Gasteiger partial charge on any atom is 0.338 e. The third kappa shape index (κ3) is 4.27. The monoisotopic (exact) mass is 280 g/mol. The maximum atomic E-state index is 11.6. The van der Waals surface area contributed by atoms with Crippen molar-refractivity contribution in [2.75, 3.05) is 18.5 Å². The van der Waals surface area contributed by atoms with Crippen LogP contribution in [-0.2, 0) is 9.53 Å². The molecule has 108 valence electrons. The summed E-state index contributed by atoms with van der Waals surface area (Å²) in [6.07, 6.45) is 0. The van der Waals surface area contributed by atoms with Crippen LogP contribution in [-0.4, -0.2) is 36.2 Å². The topological polar surface area (TPSA) is 105 Å². The molecule has 20 heavy (non-hydrogen) atoms. The highest BCUT2D eigenvalue weighted by Crippen LogP contribution is 2.19. The van der Waals surface area contributed by atoms with Crippen LogP contribution in [0.5, 0.6) is 0 Å². The fourth-order valence-corrected chi connectivity index (χ4v) is 1.59. The first-order chi connectivity index (χ1) is 9.45. The van der Waals surface area contributed by atoms with E-state index < -0.39 is 18.0 Å². The Morgan fingerprint density at radius 3 is 2.60 bits per heavy atom. The summed E-state index contributed by atoms with van der Waals surface area (Å²) in [7, 11) is 0. The van der Waals surface area contributed by atoms with Crippen LogP contribution < -0.4 is 10.6 Å². The van der Waals surface area contributed by atoms with Crippen LogP contribution in [0.4, 0.5) is 10.5 Å². The second kappa shape index (κ2) is 7.13. The SMILES string of the molecule is CCOC(=O)CNC(=O)Nc1cccc(C)c1C(=O)O. The van der Waals surface area contributed by atoms with Crippen LogP contribution in [0.3, 0.4) is 0 Å². The summed E-state index contributed by atoms with van der Waals surface area (Å²) in [6, 6.07) is 4.06. The molecule has 0 saturated heterocycles. The fraction of sp³-hybridized carbons (Fsp3) is 0.308. The van der Waals surface area contributed by atoms with E-state index in [0.29, 0.717) is 5.56 Å². The molecule has 0 aliphatic rings. The number of aromatic carboxylic acids is 1. The summed E-state index contributed by atoms with van der Waals surface area (Å²) >= 11 is 0. The van der Waals surface area contributed by atoms with Gasteiger partial charge in [0.15, 0.2) is 0 Å². The third-order valence-electron chi connectivity index (χ3n) is 2.43. The number of amides is 2. The zero-order chi connectivity index (χ0) is 15.1. The van der Waals surface area contributed by atoms with Gasteiger partial charge in [-0.15, -0.1) is 0 Å². The Morgan fingerprint density at radius 1 is 1.30 bits per heavy atom. The van der Waals surface area contributed by atoms with E-state index >= 15 is 0 Å². The molecule has 0 unspecified atom stereocenters. The number of hydrogen-bond donors (Lipinski definition) is 3. The third-order valence-corrected chi connectivity index (χ3v) is 2.43. The van der Waals surface area contributed by atoms with E-state index in [2.05, 4.69) is 15.4 Å². The second-order valence-electron chi connectivity index (χ2n) is 3.92. The molecule has 0 atom stereocenters. The predicted octanol–water partition coefficient (Wildman–Crippen LogP) is 1.38. The molecule has 0 aromatic heterocycles. The largest absolute Gasteiger partial charge is 0.478 e. The van der Waals surface area contributed by atoms with Gasteiger partial charge in [0.2, 0.25) is 0 Å². The van der Waals surface area contributed by atoms with Gasteiger partial charge in [0.05, 0.1) is 17.9 Å². The quantitative estimate of drug-likeness (QED) is 0.707. The molecule has 0 spiro atoms. The number of hydrogen-bond acceptors (Lipinski definition) is 4. The number of benzene rings is 1. The van der Waals surface area contributed by atoms with Crippen molar-refractivity contribution in [2.45, 2.75) is 13.8 Å². The van der Waals surface area contributed by atoms with Crippen molar-refractivity contribution in [1.82, 2.24) is 5.32 Å². The van der Waals surface area contributed by atoms with Gasteiger partial charge in [-0.2, -0.15) is 0 Å². The van der Waals surface area contributed by atoms with Crippen LogP contribution >= 0.6 is 0 Å². The van der Waals surface area contributed by atoms with E-state index in [4.69, 9.17) is 5.11 Å². The Labute approximate surface area is 115 Å². The number of urea groups is 1. The Morgan fingerprint density at radius 2 is 2.00 bits per heavy atom. The van der Waals surface area contributed by atoms with E-state index in [1.54, 1.807) is 26.0 Å². The van der Waals surface area contributed by atoms with E-state index in [0.717, 1.165) is 0 Å². The highest BCUT2D eigenvalue weighted by atomic mass is 16.5. The molecule has 3 N–H and O–H groups in total. The summed E-state index contributed by atoms with van der Waals surface area (Å²) < 4.78 is 4.65. The first kappa shape index (κ1) is 15.5. The first-order valence-corrected chi connectivity index (χ1v) is 5.99. The summed E-state index contributed by atoms with van der Waals surface area (Å²) in [6.45, 7) is 3.23. The van der Waals surface area contributed by atoms with Crippen molar-refractivity contribution in [2.24, 2.45) is 0 Å². The molecule has 0 heterocycles. The molecule has 0 aliphatic carbocycles. The van der Waals surface area contributed by atoms with Crippen molar-refractivity contribution in [3.05, 3.63) is 29.3 Å². The van der Waals surface area contributed by atoms with Crippen molar-refractivity contribution >= 4 is 23.7 Å². The summed E-state index contributed by atoms with van der Waals surface area (Å²) in [5.74, 6) is -1.70. The fourth-order valence-electron chi connectivity index (χ4n) is 1.59. The first-order valence-electron chi connectivity index (χ1n) is 5.99. The minimum atomic E-state index is -1.14. The molecule has 7 heteroatoms. The standard InChI is InChI=1S/C13H16N2O5/c1-3-20-10(16)7-14-13(19)15-9-6-4-5-8(2)11(9)12(17)18/h4-6H,3,7H2,1-2H3,(H,17,18)(H2,14,15,19). The van der Waals surface area contributed by atoms with E-state index in [1.165, 1.54) is 6.07 Å². The molecule has 0 radical (unpaired) electrons. The van der Waals surface area contributed by atoms with Gasteiger partial charge in [-0.3, -0.25) is 4.79 Å². The van der Waals surface area contributed by atoms with Gasteiger partial charge >= 0.3 is 18.0 Å². The molecule has 0 aliphatic heterocycles. The molecule has 2 amide bonds. The van der Waals surface area contributed by atoms with Crippen molar-refractivity contribution in [3.8, 4) is 0 Å². The van der Waals surface area contributed by atoms with Gasteiger partial charge in [-0.25, -0.2) is 9.59 Å². The lowest BCUT2D eigenvalue weighted by molar-refractivity contribution is -0.141. The van der Waals surface area contributed by atoms with Crippen molar-refractivity contribution in [1.29, 1.82) is 0 Å². The van der Waals surface area contributed by atoms with Gasteiger partial charge in [0, 0.05) is 0 Å². The molecule has 1 aromatic rings. The van der Waals surface area contributed by atoms with Crippen molar-refractivity contribution in [3.63, 3.8) is 0 Å². The van der Waals surface area contributed by atoms with Crippen LogP contribution in [0, 0.1) is 6.92 Å². The number of carbonyl (C=O) groups is 3. The van der Waals surface area contributed by atoms with Crippen molar-refractivity contribution < 1.29 is 24.2 Å². The normalized spacial score (nSPS) is 9.70. The van der Waals surface area contributed by atoms with Crippen LogP contribution in [0.15, 0.2) is 18.2 Å². The number of anilines is 1. The number of carbonyl (C=O) groups excluding carboxylic acids is 2. The van der Waals surface area contributed by atoms with Gasteiger partial charge in [-0.05, 0) is 25.5 Å². The summed E-state index contributed by atoms with van der Waals surface area (Å²) in [5.41, 5.74) is 0.707. The molecule has 0 saturated carbocycles. The number of nitrogens with one attached hydrogen (secondary N) is 2. The Hall–Kier alpha value is -2.57. The summed E-state index contributed by atoms with van der Waals surface area (Å²) in [5, 5.41) is 13.8. The average molecular weight is 280 g/mol. The molecule has 0 fully saturated rings. The van der Waals surface area contributed by atoms with Crippen LogP contribution in [0.1, 0.15) is 22.8 Å². The van der Waals surface area contributed by atoms with E-state index in [-0.39, 0.29) is 24.4 Å². The van der Waals surface area contributed by atoms with E-state index in [9.17, 15) is 14.4 Å². The minimum absolute atomic E-state index is 0.0128. The number of rotatable bonds is 5. The summed E-state index contributed by atoms with van der Waals surface area (Å²) in [4.78, 5) is 33.8. The molecular weight excluding hydrogens is 264 g/mol. The van der Waals surface area contributed by atoms with Gasteiger partial charge in [0.25, 0.3) is 0 Å². The Bertz CT molecular complexity index is 527. The number of carboxylic acids is 1. The Kier molecular flexibility index (Phi) is 5.52. The number of carboxylic acid groups (broad SMARTS) is 1. The zero-order valence-corrected chi connectivity index (χ0v) is 11.2. The lowest BCUT2D eigenvalue weighted by Gasteiger charge is -2.11. The molecule has 0 bridgehead atoms. The number of aryl methyl sites for hydroxylation is 1. The zero-order valence-electron chi connectivity index (χ0n) is 11.2. The van der Waals surface area contributed by atoms with Crippen LogP contribution in [0.2, 0.25) is 0 Å². The second-order valence-corrected chi connectivity index (χ2v) is 3.92. The van der Waals surface area contributed by atoms with Gasteiger partial charge in [-0.1, -0.05) is 12.1 Å². The molecule has 1 rings (SSSR count). The molecule has 7 nitrogen and oxygen atoms in total. The number of ether oxygens (including phenoxy) is 1. The van der Waals surface area contributed by atoms with E-state index in [1.807, 2.05) is 0 Å². The highest BCUT2D eigenvalue weighted by molar-refractivity contribution is 6.01. The lowest BCUT2D eigenvalue weighted by Crippen LogP contribution is -2.34. The number of esters is 1. The van der Waals surface area contributed by atoms with Gasteiger partial charge in [0.1, 0.15) is 6.54 Å². The maximum absolute atomic E-state index is 11.6. The predicted molar refractivity (Wildman–Crippen MR) is 71.8 cm³/mol. The average Bonchev–Trinajstić information content (AvgIpc) is 2.36. The minimum Gasteiger partial charge on any atom is -0.478 e. The van der Waals surface area contributed by atoms with Gasteiger partial charge < -0.3 is 20.5 Å². The smallest absolute Gasteiger partial charge is 0.338 e. The Balaban J connectivity index is 2.69.